The number of nitrogens with zero attached hydrogens (tertiary/aromatic N) is 3. The first-order valence-corrected chi connectivity index (χ1v) is 21.7. The van der Waals surface area contributed by atoms with Crippen molar-refractivity contribution < 1.29 is 4.42 Å². The van der Waals surface area contributed by atoms with Crippen molar-refractivity contribution >= 4 is 116 Å². The fourth-order valence-electron chi connectivity index (χ4n) is 9.84. The SMILES string of the molecule is Cn1c(-c2ccccc2)nc2cc3c(cc21)-n1c2cc4c(cc2c2ccc(-c5cc6c(cc5Nc5ccc(C(C)(C)C)cc5)oc5ccccc56)c(c21)[B]3)sc1ccccc14. The maximum Gasteiger partial charge on any atom is 0.198 e. The summed E-state index contributed by atoms with van der Waals surface area (Å²) in [5, 5.41) is 11.1. The minimum atomic E-state index is 0.0612. The summed E-state index contributed by atoms with van der Waals surface area (Å²) < 4.78 is 13.9. The van der Waals surface area contributed by atoms with Crippen molar-refractivity contribution in [3.05, 3.63) is 157 Å². The molecular formula is C54H38BN4OS. The highest BCUT2D eigenvalue weighted by molar-refractivity contribution is 7.25. The Hall–Kier alpha value is -7.09. The van der Waals surface area contributed by atoms with Gasteiger partial charge in [0.05, 0.1) is 22.2 Å². The fraction of sp³-hybridized carbons (Fsp3) is 0.0926. The summed E-state index contributed by atoms with van der Waals surface area (Å²) in [5.41, 5.74) is 16.5. The third-order valence-corrected chi connectivity index (χ3v) is 14.0. The van der Waals surface area contributed by atoms with Crippen LogP contribution in [0.1, 0.15) is 26.3 Å². The van der Waals surface area contributed by atoms with Gasteiger partial charge in [0.2, 0.25) is 0 Å². The molecule has 1 radical (unpaired) electrons. The topological polar surface area (TPSA) is 47.9 Å². The van der Waals surface area contributed by atoms with Crippen LogP contribution in [0, 0.1) is 0 Å². The Kier molecular flexibility index (Phi) is 7.11. The van der Waals surface area contributed by atoms with Crippen LogP contribution >= 0.6 is 11.3 Å². The van der Waals surface area contributed by atoms with Crippen LogP contribution in [0.2, 0.25) is 0 Å². The summed E-state index contributed by atoms with van der Waals surface area (Å²) >= 11 is 1.87. The monoisotopic (exact) mass is 801 g/mol. The van der Waals surface area contributed by atoms with E-state index in [-0.39, 0.29) is 5.41 Å². The molecule has 61 heavy (non-hydrogen) atoms. The molecule has 12 aromatic rings. The number of furan rings is 1. The van der Waals surface area contributed by atoms with Crippen LogP contribution in [0.3, 0.4) is 0 Å². The predicted molar refractivity (Wildman–Crippen MR) is 260 cm³/mol. The molecule has 0 bridgehead atoms. The molecule has 1 aliphatic rings. The number of nitrogens with one attached hydrogen (secondary N) is 1. The average Bonchev–Trinajstić information content (AvgIpc) is 4.01. The van der Waals surface area contributed by atoms with Gasteiger partial charge in [0.1, 0.15) is 17.0 Å². The van der Waals surface area contributed by atoms with Crippen molar-refractivity contribution in [3.8, 4) is 28.2 Å². The van der Waals surface area contributed by atoms with Gasteiger partial charge in [0, 0.05) is 82.8 Å². The van der Waals surface area contributed by atoms with Gasteiger partial charge in [0.15, 0.2) is 7.28 Å². The third kappa shape index (κ3) is 5.11. The standard InChI is InChI=1S/C54H38BN4OS/c1-54(2,3)31-18-20-32(21-19-31)56-42-28-48-39(33-14-8-10-16-47(33)60-48)24-37(42)35-22-23-36-38-26-50-40(34-15-9-11-17-49(34)61-50)25-44(38)59-45-29-46-43(27-41(45)55-51(35)52(36)59)57-53(58(46)4)30-12-6-5-7-13-30/h5-29,56H,1-4H3. The zero-order valence-electron chi connectivity index (χ0n) is 34.2. The lowest BCUT2D eigenvalue weighted by Crippen LogP contribution is -2.37. The summed E-state index contributed by atoms with van der Waals surface area (Å²) in [5.74, 6) is 0.956. The molecule has 13 rings (SSSR count). The molecule has 0 fully saturated rings. The summed E-state index contributed by atoms with van der Waals surface area (Å²) in [7, 11) is 4.54. The minimum Gasteiger partial charge on any atom is -0.456 e. The van der Waals surface area contributed by atoms with Crippen LogP contribution in [0.4, 0.5) is 11.4 Å². The predicted octanol–water partition coefficient (Wildman–Crippen LogP) is 13.3. The van der Waals surface area contributed by atoms with Crippen LogP contribution in [0.25, 0.3) is 103 Å². The molecular weight excluding hydrogens is 763 g/mol. The van der Waals surface area contributed by atoms with Crippen molar-refractivity contribution in [3.63, 3.8) is 0 Å². The van der Waals surface area contributed by atoms with Crippen molar-refractivity contribution in [1.82, 2.24) is 14.1 Å². The molecule has 0 spiro atoms. The van der Waals surface area contributed by atoms with E-state index in [1.54, 1.807) is 0 Å². The van der Waals surface area contributed by atoms with Gasteiger partial charge in [-0.2, -0.15) is 0 Å². The first-order valence-electron chi connectivity index (χ1n) is 20.9. The number of thiophene rings is 1. The van der Waals surface area contributed by atoms with E-state index in [0.29, 0.717) is 0 Å². The molecule has 0 amide bonds. The van der Waals surface area contributed by atoms with Gasteiger partial charge < -0.3 is 18.9 Å². The Morgan fingerprint density at radius 3 is 2.25 bits per heavy atom. The van der Waals surface area contributed by atoms with Gasteiger partial charge in [-0.05, 0) is 76.6 Å². The van der Waals surface area contributed by atoms with Gasteiger partial charge in [-0.15, -0.1) is 11.3 Å². The van der Waals surface area contributed by atoms with Crippen LogP contribution in [-0.2, 0) is 12.5 Å². The zero-order valence-corrected chi connectivity index (χ0v) is 35.0. The Morgan fingerprint density at radius 1 is 0.623 bits per heavy atom. The fourth-order valence-corrected chi connectivity index (χ4v) is 11.0. The van der Waals surface area contributed by atoms with Gasteiger partial charge in [-0.1, -0.05) is 117 Å². The highest BCUT2D eigenvalue weighted by Gasteiger charge is 2.29. The summed E-state index contributed by atoms with van der Waals surface area (Å²) in [6.07, 6.45) is 0. The van der Waals surface area contributed by atoms with E-state index >= 15 is 0 Å². The second-order valence-corrected chi connectivity index (χ2v) is 18.7. The molecule has 0 atom stereocenters. The first kappa shape index (κ1) is 34.7. The number of anilines is 2. The molecule has 0 saturated heterocycles. The number of hydrogen-bond donors (Lipinski definition) is 1. The molecule has 289 valence electrons. The number of aryl methyl sites for hydroxylation is 1. The van der Waals surface area contributed by atoms with E-state index in [0.717, 1.165) is 78.0 Å². The molecule has 1 aliphatic heterocycles. The molecule has 0 unspecified atom stereocenters. The molecule has 5 heterocycles. The second kappa shape index (κ2) is 12.5. The number of rotatable bonds is 4. The highest BCUT2D eigenvalue weighted by Crippen LogP contribution is 2.44. The summed E-state index contributed by atoms with van der Waals surface area (Å²) in [6, 6.07) is 55.2. The van der Waals surface area contributed by atoms with Crippen molar-refractivity contribution in [2.75, 3.05) is 5.32 Å². The number of aromatic nitrogens is 3. The molecule has 8 aromatic carbocycles. The van der Waals surface area contributed by atoms with Crippen LogP contribution in [-0.4, -0.2) is 21.4 Å². The van der Waals surface area contributed by atoms with Crippen molar-refractivity contribution in [2.45, 2.75) is 26.2 Å². The van der Waals surface area contributed by atoms with Gasteiger partial charge in [-0.25, -0.2) is 4.98 Å². The molecule has 1 N–H and O–H groups in total. The van der Waals surface area contributed by atoms with Crippen LogP contribution < -0.4 is 16.2 Å². The van der Waals surface area contributed by atoms with Gasteiger partial charge in [-0.3, -0.25) is 0 Å². The molecule has 0 aliphatic carbocycles. The average molecular weight is 802 g/mol. The normalized spacial score (nSPS) is 12.7. The number of hydrogen-bond acceptors (Lipinski definition) is 4. The third-order valence-electron chi connectivity index (χ3n) is 12.9. The van der Waals surface area contributed by atoms with E-state index in [2.05, 4.69) is 195 Å². The lowest BCUT2D eigenvalue weighted by Gasteiger charge is -2.24. The van der Waals surface area contributed by atoms with E-state index in [4.69, 9.17) is 9.40 Å². The molecule has 5 nitrogen and oxygen atoms in total. The number of fused-ring (bicyclic) bond motifs is 12. The molecule has 7 heteroatoms. The summed E-state index contributed by atoms with van der Waals surface area (Å²) in [4.78, 5) is 5.25. The van der Waals surface area contributed by atoms with Crippen molar-refractivity contribution in [2.24, 2.45) is 7.05 Å². The van der Waals surface area contributed by atoms with E-state index in [1.807, 2.05) is 17.4 Å². The number of imidazole rings is 1. The van der Waals surface area contributed by atoms with Gasteiger partial charge in [0.25, 0.3) is 0 Å². The minimum absolute atomic E-state index is 0.0612. The maximum absolute atomic E-state index is 6.51. The lowest BCUT2D eigenvalue weighted by atomic mass is 9.59. The Bertz CT molecular complexity index is 3810. The Morgan fingerprint density at radius 2 is 1.41 bits per heavy atom. The second-order valence-electron chi connectivity index (χ2n) is 17.6. The molecule has 0 saturated carbocycles. The van der Waals surface area contributed by atoms with E-state index in [9.17, 15) is 0 Å². The quantitative estimate of drug-likeness (QED) is 0.180. The first-order chi connectivity index (χ1) is 29.7. The van der Waals surface area contributed by atoms with Crippen LogP contribution in [0.15, 0.2) is 156 Å². The Labute approximate surface area is 356 Å². The van der Waals surface area contributed by atoms with E-state index in [1.165, 1.54) is 53.0 Å². The smallest absolute Gasteiger partial charge is 0.198 e. The zero-order chi connectivity index (χ0) is 40.7. The van der Waals surface area contributed by atoms with Crippen LogP contribution in [0.5, 0.6) is 0 Å². The number of benzene rings is 8. The largest absolute Gasteiger partial charge is 0.456 e. The number of para-hydroxylation sites is 1. The maximum atomic E-state index is 6.51. The lowest BCUT2D eigenvalue weighted by molar-refractivity contribution is 0.590. The van der Waals surface area contributed by atoms with E-state index < -0.39 is 0 Å². The van der Waals surface area contributed by atoms with Crippen molar-refractivity contribution in [1.29, 1.82) is 0 Å². The summed E-state index contributed by atoms with van der Waals surface area (Å²) in [6.45, 7) is 6.77. The highest BCUT2D eigenvalue weighted by atomic mass is 32.1. The molecule has 4 aromatic heterocycles. The van der Waals surface area contributed by atoms with Gasteiger partial charge >= 0.3 is 0 Å². The Balaban J connectivity index is 1.10.